The Hall–Kier alpha value is -1.76. The molecule has 0 saturated carbocycles. The van der Waals surface area contributed by atoms with Gasteiger partial charge in [0.1, 0.15) is 19.0 Å². The minimum atomic E-state index is -0.105. The van der Waals surface area contributed by atoms with Crippen LogP contribution in [0.1, 0.15) is 20.9 Å². The number of hydrogen-bond donors (Lipinski definition) is 1. The molecule has 1 aromatic heterocycles. The molecule has 1 N–H and O–H groups in total. The quantitative estimate of drug-likeness (QED) is 0.869. The van der Waals surface area contributed by atoms with E-state index in [2.05, 4.69) is 31.8 Å². The van der Waals surface area contributed by atoms with Gasteiger partial charge in [0.25, 0.3) is 0 Å². The van der Waals surface area contributed by atoms with Gasteiger partial charge in [-0.05, 0) is 49.2 Å². The van der Waals surface area contributed by atoms with E-state index >= 15 is 0 Å². The third-order valence-corrected chi connectivity index (χ3v) is 3.50. The van der Waals surface area contributed by atoms with Crippen LogP contribution < -0.4 is 4.74 Å². The van der Waals surface area contributed by atoms with Gasteiger partial charge in [0.15, 0.2) is 0 Å². The monoisotopic (exact) mass is 272 g/mol. The van der Waals surface area contributed by atoms with Crippen molar-refractivity contribution in [2.45, 2.75) is 20.5 Å². The summed E-state index contributed by atoms with van der Waals surface area (Å²) in [6.07, 6.45) is 0. The lowest BCUT2D eigenvalue weighted by atomic mass is 10.1. The SMILES string of the molecule is Cc1cc(C)cc(OCc2ccc(C#CCO)s2)c1. The number of ether oxygens (including phenoxy) is 1. The van der Waals surface area contributed by atoms with Crippen molar-refractivity contribution in [2.24, 2.45) is 0 Å². The van der Waals surface area contributed by atoms with E-state index < -0.39 is 0 Å². The Morgan fingerprint density at radius 3 is 2.58 bits per heavy atom. The van der Waals surface area contributed by atoms with Crippen molar-refractivity contribution >= 4 is 11.3 Å². The van der Waals surface area contributed by atoms with E-state index in [4.69, 9.17) is 9.84 Å². The number of benzene rings is 1. The summed E-state index contributed by atoms with van der Waals surface area (Å²) in [5, 5.41) is 8.64. The molecule has 2 nitrogen and oxygen atoms in total. The number of hydrogen-bond acceptors (Lipinski definition) is 3. The van der Waals surface area contributed by atoms with E-state index in [9.17, 15) is 0 Å². The van der Waals surface area contributed by atoms with Crippen LogP contribution in [-0.2, 0) is 6.61 Å². The zero-order valence-electron chi connectivity index (χ0n) is 11.1. The summed E-state index contributed by atoms with van der Waals surface area (Å²) in [6, 6.07) is 10.2. The van der Waals surface area contributed by atoms with Crippen molar-refractivity contribution in [3.8, 4) is 17.6 Å². The molecule has 0 unspecified atom stereocenters. The maximum Gasteiger partial charge on any atom is 0.122 e. The van der Waals surface area contributed by atoms with Gasteiger partial charge in [-0.15, -0.1) is 11.3 Å². The average molecular weight is 272 g/mol. The summed E-state index contributed by atoms with van der Waals surface area (Å²) in [5.41, 5.74) is 2.41. The first-order valence-electron chi connectivity index (χ1n) is 6.07. The molecule has 3 heteroatoms. The molecule has 0 amide bonds. The zero-order chi connectivity index (χ0) is 13.7. The first kappa shape index (κ1) is 13.7. The summed E-state index contributed by atoms with van der Waals surface area (Å²) in [5.74, 6) is 6.43. The lowest BCUT2D eigenvalue weighted by Crippen LogP contribution is -1.93. The minimum Gasteiger partial charge on any atom is -0.488 e. The van der Waals surface area contributed by atoms with Gasteiger partial charge in [0.05, 0.1) is 4.88 Å². The molecular weight excluding hydrogens is 256 g/mol. The smallest absolute Gasteiger partial charge is 0.122 e. The Labute approximate surface area is 117 Å². The second kappa shape index (κ2) is 6.42. The number of aliphatic hydroxyl groups excluding tert-OH is 1. The Morgan fingerprint density at radius 1 is 1.16 bits per heavy atom. The normalized spacial score (nSPS) is 9.84. The highest BCUT2D eigenvalue weighted by molar-refractivity contribution is 7.12. The highest BCUT2D eigenvalue weighted by atomic mass is 32.1. The van der Waals surface area contributed by atoms with Gasteiger partial charge < -0.3 is 9.84 Å². The fourth-order valence-electron chi connectivity index (χ4n) is 1.82. The van der Waals surface area contributed by atoms with Crippen molar-refractivity contribution in [3.05, 3.63) is 51.2 Å². The molecule has 2 rings (SSSR count). The van der Waals surface area contributed by atoms with Crippen LogP contribution in [-0.4, -0.2) is 11.7 Å². The summed E-state index contributed by atoms with van der Waals surface area (Å²) in [6.45, 7) is 4.57. The molecule has 0 saturated heterocycles. The van der Waals surface area contributed by atoms with Gasteiger partial charge in [-0.2, -0.15) is 0 Å². The van der Waals surface area contributed by atoms with E-state index in [1.807, 2.05) is 24.3 Å². The van der Waals surface area contributed by atoms with Gasteiger partial charge in [0.2, 0.25) is 0 Å². The fourth-order valence-corrected chi connectivity index (χ4v) is 2.62. The minimum absolute atomic E-state index is 0.105. The molecule has 1 heterocycles. The molecule has 0 aliphatic rings. The number of aryl methyl sites for hydroxylation is 2. The van der Waals surface area contributed by atoms with Gasteiger partial charge >= 0.3 is 0 Å². The zero-order valence-corrected chi connectivity index (χ0v) is 11.9. The third-order valence-electron chi connectivity index (χ3n) is 2.53. The summed E-state index contributed by atoms with van der Waals surface area (Å²) >= 11 is 1.59. The fraction of sp³-hybridized carbons (Fsp3) is 0.250. The van der Waals surface area contributed by atoms with E-state index in [0.717, 1.165) is 15.5 Å². The van der Waals surface area contributed by atoms with Crippen molar-refractivity contribution in [2.75, 3.05) is 6.61 Å². The first-order chi connectivity index (χ1) is 9.17. The van der Waals surface area contributed by atoms with Crippen LogP contribution in [0.25, 0.3) is 0 Å². The lowest BCUT2D eigenvalue weighted by molar-refractivity contribution is 0.309. The second-order valence-corrected chi connectivity index (χ2v) is 5.51. The Bertz CT molecular complexity index is 597. The van der Waals surface area contributed by atoms with E-state index in [0.29, 0.717) is 6.61 Å². The van der Waals surface area contributed by atoms with Gasteiger partial charge in [-0.1, -0.05) is 17.9 Å². The average Bonchev–Trinajstić information content (AvgIpc) is 2.81. The molecule has 0 atom stereocenters. The van der Waals surface area contributed by atoms with Crippen LogP contribution in [0, 0.1) is 25.7 Å². The summed E-state index contributed by atoms with van der Waals surface area (Å²) in [7, 11) is 0. The van der Waals surface area contributed by atoms with E-state index in [1.165, 1.54) is 11.1 Å². The number of thiophene rings is 1. The molecule has 0 bridgehead atoms. The van der Waals surface area contributed by atoms with Gasteiger partial charge in [-0.25, -0.2) is 0 Å². The van der Waals surface area contributed by atoms with Crippen LogP contribution >= 0.6 is 11.3 Å². The number of rotatable bonds is 3. The predicted molar refractivity (Wildman–Crippen MR) is 78.5 cm³/mol. The van der Waals surface area contributed by atoms with Crippen LogP contribution in [0.4, 0.5) is 0 Å². The second-order valence-electron chi connectivity index (χ2n) is 4.34. The predicted octanol–water partition coefficient (Wildman–Crippen LogP) is 3.29. The van der Waals surface area contributed by atoms with Crippen molar-refractivity contribution in [1.29, 1.82) is 0 Å². The standard InChI is InChI=1S/C16H16O2S/c1-12-8-13(2)10-14(9-12)18-11-16-6-5-15(19-16)4-3-7-17/h5-6,8-10,17H,7,11H2,1-2H3. The van der Waals surface area contributed by atoms with Crippen molar-refractivity contribution in [3.63, 3.8) is 0 Å². The molecular formula is C16H16O2S. The largest absolute Gasteiger partial charge is 0.488 e. The molecule has 0 radical (unpaired) electrons. The van der Waals surface area contributed by atoms with E-state index in [-0.39, 0.29) is 6.61 Å². The van der Waals surface area contributed by atoms with Crippen LogP contribution in [0.3, 0.4) is 0 Å². The van der Waals surface area contributed by atoms with Crippen molar-refractivity contribution in [1.82, 2.24) is 0 Å². The van der Waals surface area contributed by atoms with E-state index in [1.54, 1.807) is 11.3 Å². The summed E-state index contributed by atoms with van der Waals surface area (Å²) < 4.78 is 5.78. The molecule has 98 valence electrons. The molecule has 0 aliphatic carbocycles. The molecule has 0 aliphatic heterocycles. The molecule has 19 heavy (non-hydrogen) atoms. The van der Waals surface area contributed by atoms with Crippen LogP contribution in [0.5, 0.6) is 5.75 Å². The van der Waals surface area contributed by atoms with Crippen LogP contribution in [0.15, 0.2) is 30.3 Å². The Balaban J connectivity index is 2.00. The topological polar surface area (TPSA) is 29.5 Å². The molecule has 2 aromatic rings. The highest BCUT2D eigenvalue weighted by Gasteiger charge is 2.01. The number of aliphatic hydroxyl groups is 1. The highest BCUT2D eigenvalue weighted by Crippen LogP contribution is 2.20. The Morgan fingerprint density at radius 2 is 1.89 bits per heavy atom. The van der Waals surface area contributed by atoms with Gasteiger partial charge in [0, 0.05) is 4.88 Å². The molecule has 1 aromatic carbocycles. The molecule has 0 spiro atoms. The first-order valence-corrected chi connectivity index (χ1v) is 6.88. The Kier molecular flexibility index (Phi) is 4.62. The lowest BCUT2D eigenvalue weighted by Gasteiger charge is -2.06. The van der Waals surface area contributed by atoms with Gasteiger partial charge in [-0.3, -0.25) is 0 Å². The third kappa shape index (κ3) is 4.13. The summed E-state index contributed by atoms with van der Waals surface area (Å²) in [4.78, 5) is 2.08. The maximum atomic E-state index is 8.64. The van der Waals surface area contributed by atoms with Crippen molar-refractivity contribution < 1.29 is 9.84 Å². The maximum absolute atomic E-state index is 8.64. The van der Waals surface area contributed by atoms with Crippen LogP contribution in [0.2, 0.25) is 0 Å². The molecule has 0 fully saturated rings.